The van der Waals surface area contributed by atoms with Crippen LogP contribution in [-0.4, -0.2) is 4.98 Å². The van der Waals surface area contributed by atoms with E-state index in [1.165, 1.54) is 16.5 Å². The predicted octanol–water partition coefficient (Wildman–Crippen LogP) is 3.67. The first-order valence-electron chi connectivity index (χ1n) is 5.04. The maximum atomic E-state index is 4.34. The molecule has 1 aromatic carbocycles. The highest BCUT2D eigenvalue weighted by atomic mass is 14.6. The van der Waals surface area contributed by atoms with Crippen LogP contribution in [0.3, 0.4) is 0 Å². The van der Waals surface area contributed by atoms with Crippen molar-refractivity contribution in [3.63, 3.8) is 0 Å². The quantitative estimate of drug-likeness (QED) is 0.660. The van der Waals surface area contributed by atoms with Gasteiger partial charge in [-0.3, -0.25) is 4.98 Å². The lowest BCUT2D eigenvalue weighted by atomic mass is 9.96. The highest BCUT2D eigenvalue weighted by Crippen LogP contribution is 2.23. The molecule has 0 bridgehead atoms. The Kier molecular flexibility index (Phi) is 2.24. The molecule has 0 fully saturated rings. The van der Waals surface area contributed by atoms with Crippen molar-refractivity contribution in [2.45, 2.75) is 26.7 Å². The third-order valence-electron chi connectivity index (χ3n) is 2.61. The van der Waals surface area contributed by atoms with E-state index in [1.807, 2.05) is 12.3 Å². The highest BCUT2D eigenvalue weighted by Gasteiger charge is 2.04. The summed E-state index contributed by atoms with van der Waals surface area (Å²) in [7, 11) is 0. The maximum absolute atomic E-state index is 4.34. The van der Waals surface area contributed by atoms with Gasteiger partial charge in [0.15, 0.2) is 0 Å². The summed E-state index contributed by atoms with van der Waals surface area (Å²) in [5, 5.41) is 1.24. The van der Waals surface area contributed by atoms with Crippen LogP contribution in [0, 0.1) is 6.92 Å². The summed E-state index contributed by atoms with van der Waals surface area (Å²) in [5.41, 5.74) is 3.85. The van der Waals surface area contributed by atoms with Gasteiger partial charge in [0.2, 0.25) is 0 Å². The molecule has 0 aliphatic carbocycles. The van der Waals surface area contributed by atoms with Crippen LogP contribution in [0.25, 0.3) is 10.9 Å². The minimum atomic E-state index is 0.583. The molecule has 14 heavy (non-hydrogen) atoms. The Hall–Kier alpha value is -1.37. The molecule has 0 spiro atoms. The van der Waals surface area contributed by atoms with Crippen LogP contribution in [0.5, 0.6) is 0 Å². The first-order valence-corrected chi connectivity index (χ1v) is 5.04. The molecule has 0 atom stereocenters. The number of hydrogen-bond acceptors (Lipinski definition) is 1. The van der Waals surface area contributed by atoms with Crippen molar-refractivity contribution in [1.29, 1.82) is 0 Å². The largest absolute Gasteiger partial charge is 0.256 e. The molecule has 0 amide bonds. The van der Waals surface area contributed by atoms with E-state index >= 15 is 0 Å². The van der Waals surface area contributed by atoms with Crippen LogP contribution in [0.4, 0.5) is 0 Å². The van der Waals surface area contributed by atoms with Crippen molar-refractivity contribution in [3.8, 4) is 0 Å². The summed E-state index contributed by atoms with van der Waals surface area (Å²) in [6, 6.07) is 8.53. The lowest BCUT2D eigenvalue weighted by Gasteiger charge is -2.10. The van der Waals surface area contributed by atoms with E-state index < -0.39 is 0 Å². The first kappa shape index (κ1) is 9.20. The van der Waals surface area contributed by atoms with Gasteiger partial charge in [-0.05, 0) is 42.2 Å². The van der Waals surface area contributed by atoms with Crippen molar-refractivity contribution >= 4 is 10.9 Å². The molecule has 0 saturated carbocycles. The van der Waals surface area contributed by atoms with Crippen LogP contribution in [0.15, 0.2) is 30.5 Å². The van der Waals surface area contributed by atoms with Crippen LogP contribution >= 0.6 is 0 Å². The molecule has 0 aliphatic heterocycles. The van der Waals surface area contributed by atoms with Gasteiger partial charge in [0, 0.05) is 11.6 Å². The fraction of sp³-hybridized carbons (Fsp3) is 0.308. The third-order valence-corrected chi connectivity index (χ3v) is 2.61. The van der Waals surface area contributed by atoms with Gasteiger partial charge in [-0.25, -0.2) is 0 Å². The number of benzene rings is 1. The monoisotopic (exact) mass is 185 g/mol. The Labute approximate surface area is 84.8 Å². The van der Waals surface area contributed by atoms with Crippen molar-refractivity contribution in [3.05, 3.63) is 41.6 Å². The molecule has 1 heteroatoms. The molecular formula is C13H15N. The van der Waals surface area contributed by atoms with Crippen molar-refractivity contribution in [2.24, 2.45) is 0 Å². The van der Waals surface area contributed by atoms with Crippen LogP contribution in [-0.2, 0) is 0 Å². The summed E-state index contributed by atoms with van der Waals surface area (Å²) in [5.74, 6) is 0.583. The molecule has 2 rings (SSSR count). The number of aryl methyl sites for hydroxylation is 1. The van der Waals surface area contributed by atoms with Gasteiger partial charge < -0.3 is 0 Å². The van der Waals surface area contributed by atoms with E-state index in [1.54, 1.807) is 0 Å². The lowest BCUT2D eigenvalue weighted by Crippen LogP contribution is -1.92. The molecule has 0 unspecified atom stereocenters. The van der Waals surface area contributed by atoms with Gasteiger partial charge in [0.05, 0.1) is 5.52 Å². The van der Waals surface area contributed by atoms with E-state index in [0.717, 1.165) is 5.52 Å². The van der Waals surface area contributed by atoms with Crippen molar-refractivity contribution in [2.75, 3.05) is 0 Å². The summed E-state index contributed by atoms with van der Waals surface area (Å²) in [6.45, 7) is 6.61. The lowest BCUT2D eigenvalue weighted by molar-refractivity contribution is 0.858. The smallest absolute Gasteiger partial charge is 0.0704 e. The number of rotatable bonds is 1. The minimum Gasteiger partial charge on any atom is -0.256 e. The van der Waals surface area contributed by atoms with E-state index in [-0.39, 0.29) is 0 Å². The normalized spacial score (nSPS) is 11.1. The number of fused-ring (bicyclic) bond motifs is 1. The average Bonchev–Trinajstić information content (AvgIpc) is 2.16. The summed E-state index contributed by atoms with van der Waals surface area (Å²) in [6.07, 6.45) is 1.84. The van der Waals surface area contributed by atoms with E-state index in [4.69, 9.17) is 0 Å². The molecule has 0 saturated heterocycles. The number of pyridine rings is 1. The Morgan fingerprint density at radius 1 is 1.21 bits per heavy atom. The second-order valence-corrected chi connectivity index (χ2v) is 4.06. The highest BCUT2D eigenvalue weighted by molar-refractivity contribution is 5.80. The second-order valence-electron chi connectivity index (χ2n) is 4.06. The molecule has 1 aromatic heterocycles. The second kappa shape index (κ2) is 3.41. The van der Waals surface area contributed by atoms with E-state index in [2.05, 4.69) is 44.0 Å². The van der Waals surface area contributed by atoms with Crippen LogP contribution in [0.1, 0.15) is 30.9 Å². The van der Waals surface area contributed by atoms with Gasteiger partial charge in [-0.15, -0.1) is 0 Å². The van der Waals surface area contributed by atoms with E-state index in [0.29, 0.717) is 5.92 Å². The summed E-state index contributed by atoms with van der Waals surface area (Å²) < 4.78 is 0. The maximum Gasteiger partial charge on any atom is 0.0704 e. The van der Waals surface area contributed by atoms with Gasteiger partial charge in [-0.2, -0.15) is 0 Å². The Morgan fingerprint density at radius 3 is 2.71 bits per heavy atom. The minimum absolute atomic E-state index is 0.583. The zero-order chi connectivity index (χ0) is 10.1. The Morgan fingerprint density at radius 2 is 2.00 bits per heavy atom. The van der Waals surface area contributed by atoms with Gasteiger partial charge in [0.1, 0.15) is 0 Å². The molecule has 1 nitrogen and oxygen atoms in total. The fourth-order valence-corrected chi connectivity index (χ4v) is 1.86. The molecule has 72 valence electrons. The zero-order valence-electron chi connectivity index (χ0n) is 8.91. The van der Waals surface area contributed by atoms with Crippen molar-refractivity contribution < 1.29 is 0 Å². The zero-order valence-corrected chi connectivity index (χ0v) is 8.91. The molecule has 1 heterocycles. The van der Waals surface area contributed by atoms with E-state index in [9.17, 15) is 0 Å². The number of nitrogens with zero attached hydrogens (tertiary/aromatic N) is 1. The first-order chi connectivity index (χ1) is 6.68. The standard InChI is InChI=1S/C13H15N/c1-9(2)12-8-11-5-4-6-14-13(11)7-10(12)3/h4-9H,1-3H3. The molecule has 0 radical (unpaired) electrons. The molecule has 0 aliphatic rings. The number of aromatic nitrogens is 1. The Balaban J connectivity index is 2.71. The van der Waals surface area contributed by atoms with Crippen LogP contribution in [0.2, 0.25) is 0 Å². The third kappa shape index (κ3) is 1.50. The van der Waals surface area contributed by atoms with Gasteiger partial charge in [0.25, 0.3) is 0 Å². The fourth-order valence-electron chi connectivity index (χ4n) is 1.86. The topological polar surface area (TPSA) is 12.9 Å². The molecule has 0 N–H and O–H groups in total. The average molecular weight is 185 g/mol. The summed E-state index contributed by atoms with van der Waals surface area (Å²) in [4.78, 5) is 4.34. The summed E-state index contributed by atoms with van der Waals surface area (Å²) >= 11 is 0. The Bertz CT molecular complexity index is 458. The van der Waals surface area contributed by atoms with Gasteiger partial charge in [-0.1, -0.05) is 19.9 Å². The predicted molar refractivity (Wildman–Crippen MR) is 60.6 cm³/mol. The molecular weight excluding hydrogens is 170 g/mol. The number of hydrogen-bond donors (Lipinski definition) is 0. The molecule has 2 aromatic rings. The SMILES string of the molecule is Cc1cc2ncccc2cc1C(C)C. The van der Waals surface area contributed by atoms with Crippen LogP contribution < -0.4 is 0 Å². The van der Waals surface area contributed by atoms with Crippen molar-refractivity contribution in [1.82, 2.24) is 4.98 Å². The van der Waals surface area contributed by atoms with Gasteiger partial charge >= 0.3 is 0 Å².